The molecule has 0 bridgehead atoms. The largest absolute Gasteiger partial charge is 0.458 e. The van der Waals surface area contributed by atoms with E-state index in [2.05, 4.69) is 6.92 Å². The first-order valence-electron chi connectivity index (χ1n) is 9.74. The highest BCUT2D eigenvalue weighted by atomic mass is 19.1. The van der Waals surface area contributed by atoms with Gasteiger partial charge in [0.25, 0.3) is 0 Å². The van der Waals surface area contributed by atoms with Crippen LogP contribution in [0.2, 0.25) is 0 Å². The van der Waals surface area contributed by atoms with Crippen LogP contribution < -0.4 is 0 Å². The van der Waals surface area contributed by atoms with Gasteiger partial charge in [-0.15, -0.1) is 0 Å². The number of benzene rings is 1. The maximum absolute atomic E-state index is 14.2. The van der Waals surface area contributed by atoms with Gasteiger partial charge in [-0.1, -0.05) is 57.6 Å². The van der Waals surface area contributed by atoms with Crippen LogP contribution in [0.5, 0.6) is 0 Å². The zero-order valence-electron chi connectivity index (χ0n) is 15.1. The van der Waals surface area contributed by atoms with Crippen molar-refractivity contribution < 1.29 is 19.0 Å². The second-order valence-electron chi connectivity index (χ2n) is 7.72. The molecule has 25 heavy (non-hydrogen) atoms. The van der Waals surface area contributed by atoms with Crippen LogP contribution in [0, 0.1) is 17.7 Å². The number of ether oxygens (including phenoxy) is 1. The van der Waals surface area contributed by atoms with Crippen LogP contribution in [0.25, 0.3) is 0 Å². The molecule has 0 spiro atoms. The predicted molar refractivity (Wildman–Crippen MR) is 94.8 cm³/mol. The van der Waals surface area contributed by atoms with Crippen molar-refractivity contribution in [2.45, 2.75) is 77.4 Å². The van der Waals surface area contributed by atoms with Crippen LogP contribution in [0.15, 0.2) is 12.1 Å². The SMILES string of the molecule is CCCC1CCC(CCC2Cc3ccc(CO)c(F)c3C(=O)O2)CC1. The van der Waals surface area contributed by atoms with Gasteiger partial charge in [0, 0.05) is 12.0 Å². The molecule has 1 fully saturated rings. The number of fused-ring (bicyclic) bond motifs is 1. The van der Waals surface area contributed by atoms with E-state index in [0.29, 0.717) is 12.0 Å². The molecular weight excluding hydrogens is 319 g/mol. The van der Waals surface area contributed by atoms with Crippen molar-refractivity contribution in [3.63, 3.8) is 0 Å². The normalized spacial score (nSPS) is 26.2. The summed E-state index contributed by atoms with van der Waals surface area (Å²) in [4.78, 5) is 12.2. The molecule has 4 heteroatoms. The molecular formula is C21H29FO3. The van der Waals surface area contributed by atoms with Gasteiger partial charge in [-0.25, -0.2) is 9.18 Å². The fourth-order valence-corrected chi connectivity index (χ4v) is 4.47. The predicted octanol–water partition coefficient (Wildman–Crippen LogP) is 4.79. The third kappa shape index (κ3) is 4.22. The Morgan fingerprint density at radius 2 is 1.80 bits per heavy atom. The molecule has 1 unspecified atom stereocenters. The van der Waals surface area contributed by atoms with Crippen molar-refractivity contribution in [3.05, 3.63) is 34.6 Å². The first kappa shape index (κ1) is 18.4. The minimum Gasteiger partial charge on any atom is -0.458 e. The Bertz CT molecular complexity index is 605. The monoisotopic (exact) mass is 348 g/mol. The van der Waals surface area contributed by atoms with E-state index in [1.165, 1.54) is 38.5 Å². The fourth-order valence-electron chi connectivity index (χ4n) is 4.47. The lowest BCUT2D eigenvalue weighted by molar-refractivity contribution is 0.0208. The van der Waals surface area contributed by atoms with E-state index in [-0.39, 0.29) is 17.2 Å². The van der Waals surface area contributed by atoms with E-state index in [9.17, 15) is 9.18 Å². The van der Waals surface area contributed by atoms with Crippen LogP contribution in [-0.2, 0) is 17.8 Å². The van der Waals surface area contributed by atoms with Gasteiger partial charge >= 0.3 is 5.97 Å². The quantitative estimate of drug-likeness (QED) is 0.752. The van der Waals surface area contributed by atoms with Crippen LogP contribution in [0.3, 0.4) is 0 Å². The number of hydrogen-bond acceptors (Lipinski definition) is 3. The Balaban J connectivity index is 1.54. The van der Waals surface area contributed by atoms with Crippen molar-refractivity contribution in [1.29, 1.82) is 0 Å². The summed E-state index contributed by atoms with van der Waals surface area (Å²) in [6, 6.07) is 3.33. The second-order valence-corrected chi connectivity index (χ2v) is 7.72. The summed E-state index contributed by atoms with van der Waals surface area (Å²) in [5.41, 5.74) is 0.878. The van der Waals surface area contributed by atoms with Gasteiger partial charge in [0.2, 0.25) is 0 Å². The Kier molecular flexibility index (Phi) is 6.10. The number of carbonyl (C=O) groups is 1. The smallest absolute Gasteiger partial charge is 0.341 e. The van der Waals surface area contributed by atoms with E-state index in [1.807, 2.05) is 0 Å². The van der Waals surface area contributed by atoms with Crippen LogP contribution >= 0.6 is 0 Å². The molecule has 1 N–H and O–H groups in total. The molecule has 1 saturated carbocycles. The number of rotatable bonds is 6. The molecule has 0 aromatic heterocycles. The number of halogens is 1. The molecule has 0 saturated heterocycles. The van der Waals surface area contributed by atoms with Gasteiger partial charge in [0.05, 0.1) is 12.2 Å². The average molecular weight is 348 g/mol. The van der Waals surface area contributed by atoms with Gasteiger partial charge in [0.1, 0.15) is 11.9 Å². The van der Waals surface area contributed by atoms with E-state index < -0.39 is 18.4 Å². The Hall–Kier alpha value is -1.42. The summed E-state index contributed by atoms with van der Waals surface area (Å²) in [6.45, 7) is 1.85. The van der Waals surface area contributed by atoms with E-state index in [4.69, 9.17) is 9.84 Å². The number of hydrogen-bond donors (Lipinski definition) is 1. The lowest BCUT2D eigenvalue weighted by Gasteiger charge is -2.30. The van der Waals surface area contributed by atoms with Gasteiger partial charge in [-0.3, -0.25) is 0 Å². The van der Waals surface area contributed by atoms with Crippen LogP contribution in [0.1, 0.15) is 79.8 Å². The molecule has 0 radical (unpaired) electrons. The summed E-state index contributed by atoms with van der Waals surface area (Å²) in [5.74, 6) is 0.439. The standard InChI is InChI=1S/C21H29FO3/c1-2-3-14-4-6-15(7-5-14)8-11-18-12-16-9-10-17(13-23)20(22)19(16)21(24)25-18/h9-10,14-15,18,23H,2-8,11-13H2,1H3. The average Bonchev–Trinajstić information content (AvgIpc) is 2.61. The molecule has 1 aliphatic carbocycles. The topological polar surface area (TPSA) is 46.5 Å². The van der Waals surface area contributed by atoms with Crippen molar-refractivity contribution >= 4 is 5.97 Å². The summed E-state index contributed by atoms with van der Waals surface area (Å²) in [7, 11) is 0. The second kappa shape index (κ2) is 8.31. The fraction of sp³-hybridized carbons (Fsp3) is 0.667. The van der Waals surface area contributed by atoms with Crippen molar-refractivity contribution in [2.75, 3.05) is 0 Å². The summed E-state index contributed by atoms with van der Waals surface area (Å²) in [6.07, 6.45) is 10.3. The number of aliphatic hydroxyl groups is 1. The van der Waals surface area contributed by atoms with Gasteiger partial charge in [-0.2, -0.15) is 0 Å². The molecule has 1 atom stereocenters. The Labute approximate surface area is 149 Å². The highest BCUT2D eigenvalue weighted by Gasteiger charge is 2.31. The summed E-state index contributed by atoms with van der Waals surface area (Å²) >= 11 is 0. The molecule has 1 aromatic rings. The van der Waals surface area contributed by atoms with Crippen molar-refractivity contribution in [2.24, 2.45) is 11.8 Å². The zero-order chi connectivity index (χ0) is 17.8. The van der Waals surface area contributed by atoms with Crippen LogP contribution in [-0.4, -0.2) is 17.2 Å². The highest BCUT2D eigenvalue weighted by Crippen LogP contribution is 2.35. The van der Waals surface area contributed by atoms with Crippen LogP contribution in [0.4, 0.5) is 4.39 Å². The lowest BCUT2D eigenvalue weighted by Crippen LogP contribution is -2.30. The highest BCUT2D eigenvalue weighted by molar-refractivity contribution is 5.92. The van der Waals surface area contributed by atoms with Crippen molar-refractivity contribution in [3.8, 4) is 0 Å². The minimum atomic E-state index is -0.627. The van der Waals surface area contributed by atoms with E-state index >= 15 is 0 Å². The third-order valence-corrected chi connectivity index (χ3v) is 5.96. The minimum absolute atomic E-state index is 0.0165. The molecule has 138 valence electrons. The molecule has 1 aliphatic heterocycles. The number of esters is 1. The van der Waals surface area contributed by atoms with E-state index in [0.717, 1.165) is 24.7 Å². The maximum Gasteiger partial charge on any atom is 0.341 e. The lowest BCUT2D eigenvalue weighted by atomic mass is 9.78. The molecule has 1 heterocycles. The Morgan fingerprint density at radius 3 is 2.44 bits per heavy atom. The molecule has 3 nitrogen and oxygen atoms in total. The van der Waals surface area contributed by atoms with Gasteiger partial charge < -0.3 is 9.84 Å². The summed E-state index contributed by atoms with van der Waals surface area (Å²) in [5, 5.41) is 9.15. The number of carbonyl (C=O) groups excluding carboxylic acids is 1. The molecule has 2 aliphatic rings. The molecule has 3 rings (SSSR count). The van der Waals surface area contributed by atoms with Gasteiger partial charge in [0.15, 0.2) is 0 Å². The third-order valence-electron chi connectivity index (χ3n) is 5.96. The first-order valence-corrected chi connectivity index (χ1v) is 9.74. The number of aliphatic hydroxyl groups excluding tert-OH is 1. The van der Waals surface area contributed by atoms with E-state index in [1.54, 1.807) is 12.1 Å². The van der Waals surface area contributed by atoms with Gasteiger partial charge in [-0.05, 0) is 30.2 Å². The number of cyclic esters (lactones) is 1. The molecule has 0 amide bonds. The first-order chi connectivity index (χ1) is 12.1. The zero-order valence-corrected chi connectivity index (χ0v) is 15.1. The summed E-state index contributed by atoms with van der Waals surface area (Å²) < 4.78 is 19.7. The Morgan fingerprint density at radius 1 is 1.12 bits per heavy atom. The van der Waals surface area contributed by atoms with Crippen molar-refractivity contribution in [1.82, 2.24) is 0 Å². The molecule has 1 aromatic carbocycles. The maximum atomic E-state index is 14.2.